The Hall–Kier alpha value is -0.0562. The molecule has 2 nitrogen and oxygen atoms in total. The maximum absolute atomic E-state index is 3.55. The highest BCUT2D eigenvalue weighted by molar-refractivity contribution is 7.58. The second kappa shape index (κ2) is 2.22. The van der Waals surface area contributed by atoms with Gasteiger partial charge in [0.05, 0.1) is 8.22 Å². The third-order valence-electron chi connectivity index (χ3n) is 1.45. The van der Waals surface area contributed by atoms with E-state index in [-0.39, 0.29) is 8.22 Å². The Morgan fingerprint density at radius 1 is 1.00 bits per heavy atom. The van der Waals surface area contributed by atoms with E-state index in [1.807, 2.05) is 0 Å². The predicted molar refractivity (Wildman–Crippen MR) is 44.2 cm³/mol. The molecule has 10 heavy (non-hydrogen) atoms. The molecular weight excluding hydrogens is 175 g/mol. The van der Waals surface area contributed by atoms with Gasteiger partial charge < -0.3 is 9.34 Å². The van der Waals surface area contributed by atoms with Crippen LogP contribution < -0.4 is 0 Å². The van der Waals surface area contributed by atoms with E-state index < -0.39 is 0 Å². The topological polar surface area (TPSA) is 6.48 Å². The van der Waals surface area contributed by atoms with E-state index in [0.717, 1.165) is 0 Å². The fourth-order valence-corrected chi connectivity index (χ4v) is 4.19. The molecule has 0 amide bonds. The fraction of sp³-hybridized carbons (Fsp3) is 0.200. The van der Waals surface area contributed by atoms with Crippen molar-refractivity contribution in [2.45, 2.75) is 4.91 Å². The summed E-state index contributed by atoms with van der Waals surface area (Å²) in [4.78, 5) is 0.361. The van der Waals surface area contributed by atoms with Crippen molar-refractivity contribution < 1.29 is 0 Å². The maximum atomic E-state index is 3.55. The van der Waals surface area contributed by atoms with Crippen LogP contribution in [0.2, 0.25) is 0 Å². The van der Waals surface area contributed by atoms with Crippen molar-refractivity contribution in [1.29, 1.82) is 0 Å². The van der Waals surface area contributed by atoms with Crippen LogP contribution in [0.5, 0.6) is 0 Å². The van der Waals surface area contributed by atoms with Gasteiger partial charge in [-0.1, -0.05) is 0 Å². The van der Waals surface area contributed by atoms with Gasteiger partial charge in [-0.15, -0.1) is 0 Å². The molecule has 0 saturated carbocycles. The van der Waals surface area contributed by atoms with Crippen molar-refractivity contribution in [2.24, 2.45) is 0 Å². The van der Waals surface area contributed by atoms with Gasteiger partial charge in [-0.3, -0.25) is 0 Å². The highest BCUT2D eigenvalue weighted by Gasteiger charge is 2.30. The van der Waals surface area contributed by atoms with Crippen LogP contribution >= 0.6 is 8.22 Å². The van der Waals surface area contributed by atoms with Gasteiger partial charge in [0, 0.05) is 45.3 Å². The minimum absolute atomic E-state index is 0.244. The molecule has 0 aromatic carbocycles. The Bertz CT molecular complexity index is 174. The van der Waals surface area contributed by atoms with E-state index in [4.69, 9.17) is 0 Å². The van der Waals surface area contributed by atoms with Crippen molar-refractivity contribution in [1.82, 2.24) is 9.34 Å². The minimum Gasteiger partial charge on any atom is -0.313 e. The second-order valence-electron chi connectivity index (χ2n) is 2.08. The Morgan fingerprint density at radius 3 is 1.60 bits per heavy atom. The molecular formula is C5H5N2PSi2. The van der Waals surface area contributed by atoms with Gasteiger partial charge in [0.2, 0.25) is 0 Å². The first kappa shape index (κ1) is 6.64. The van der Waals surface area contributed by atoms with Crippen molar-refractivity contribution in [3.8, 4) is 0 Å². The zero-order valence-electron chi connectivity index (χ0n) is 5.23. The zero-order chi connectivity index (χ0) is 7.14. The van der Waals surface area contributed by atoms with Crippen molar-refractivity contribution >= 4 is 28.7 Å². The summed E-state index contributed by atoms with van der Waals surface area (Å²) < 4.78 is 4.42. The Balaban J connectivity index is 2.18. The summed E-state index contributed by atoms with van der Waals surface area (Å²) in [6.45, 7) is 0. The summed E-state index contributed by atoms with van der Waals surface area (Å²) in [5.41, 5.74) is 0. The van der Waals surface area contributed by atoms with Crippen LogP contribution in [0.1, 0.15) is 0 Å². The average molecular weight is 180 g/mol. The van der Waals surface area contributed by atoms with Crippen LogP contribution in [0, 0.1) is 0 Å². The van der Waals surface area contributed by atoms with E-state index in [2.05, 4.69) is 54.6 Å². The summed E-state index contributed by atoms with van der Waals surface area (Å²) in [6.07, 6.45) is 8.33. The van der Waals surface area contributed by atoms with Gasteiger partial charge in [0.1, 0.15) is 0 Å². The first-order chi connectivity index (χ1) is 4.79. The lowest BCUT2D eigenvalue weighted by atomic mass is 10.7. The molecule has 5 heteroatoms. The molecule has 0 aromatic heterocycles. The Labute approximate surface area is 68.3 Å². The largest absolute Gasteiger partial charge is 0.313 e. The van der Waals surface area contributed by atoms with E-state index in [0.29, 0.717) is 4.91 Å². The molecule has 2 aliphatic heterocycles. The lowest BCUT2D eigenvalue weighted by molar-refractivity contribution is 0.829. The number of hydrogen-bond donors (Lipinski definition) is 0. The number of nitrogens with zero attached hydrogens (tertiary/aromatic N) is 2. The fourth-order valence-electron chi connectivity index (χ4n) is 1.03. The van der Waals surface area contributed by atoms with Crippen molar-refractivity contribution in [3.63, 3.8) is 0 Å². The van der Waals surface area contributed by atoms with Crippen LogP contribution in [0.4, 0.5) is 0 Å². The lowest BCUT2D eigenvalue weighted by Gasteiger charge is -2.24. The van der Waals surface area contributed by atoms with E-state index in [1.54, 1.807) is 0 Å². The molecule has 2 bridgehead atoms. The van der Waals surface area contributed by atoms with Crippen LogP contribution in [0.15, 0.2) is 24.8 Å². The molecule has 0 saturated heterocycles. The second-order valence-corrected chi connectivity index (χ2v) is 6.86. The third kappa shape index (κ3) is 0.795. The molecule has 48 valence electrons. The molecule has 2 aliphatic rings. The molecule has 0 fully saturated rings. The Kier molecular flexibility index (Phi) is 1.47. The molecule has 6 radical (unpaired) electrons. The minimum atomic E-state index is -0.244. The molecule has 2 heterocycles. The normalized spacial score (nSPS) is 22.3. The summed E-state index contributed by atoms with van der Waals surface area (Å²) in [5, 5.41) is 0. The van der Waals surface area contributed by atoms with Gasteiger partial charge in [-0.2, -0.15) is 0 Å². The van der Waals surface area contributed by atoms with Gasteiger partial charge in [0.15, 0.2) is 0 Å². The first-order valence-corrected chi connectivity index (χ1v) is 5.41. The van der Waals surface area contributed by atoms with E-state index >= 15 is 0 Å². The highest BCUT2D eigenvalue weighted by atomic mass is 31.1. The molecule has 2 rings (SSSR count). The van der Waals surface area contributed by atoms with Crippen molar-refractivity contribution in [3.05, 3.63) is 24.8 Å². The Morgan fingerprint density at radius 2 is 1.40 bits per heavy atom. The SMILES string of the molecule is [Si]C([Si])P1N2C=CN1C=C2. The summed E-state index contributed by atoms with van der Waals surface area (Å²) in [5.74, 6) is 0. The lowest BCUT2D eigenvalue weighted by Crippen LogP contribution is -2.14. The number of rotatable bonds is 1. The maximum Gasteiger partial charge on any atom is 0.0989 e. The van der Waals surface area contributed by atoms with Gasteiger partial charge >= 0.3 is 0 Å². The summed E-state index contributed by atoms with van der Waals surface area (Å²) in [6, 6.07) is 0. The van der Waals surface area contributed by atoms with Crippen LogP contribution in [0.3, 0.4) is 0 Å². The van der Waals surface area contributed by atoms with Crippen LogP contribution in [0.25, 0.3) is 0 Å². The zero-order valence-corrected chi connectivity index (χ0v) is 8.12. The van der Waals surface area contributed by atoms with Gasteiger partial charge in [-0.25, -0.2) is 0 Å². The quantitative estimate of drug-likeness (QED) is 0.428. The average Bonchev–Trinajstić information content (AvgIpc) is 2.43. The first-order valence-electron chi connectivity index (χ1n) is 2.94. The summed E-state index contributed by atoms with van der Waals surface area (Å²) in [7, 11) is 6.86. The monoisotopic (exact) mass is 180 g/mol. The molecule has 0 spiro atoms. The van der Waals surface area contributed by atoms with Crippen molar-refractivity contribution in [2.75, 3.05) is 0 Å². The third-order valence-corrected chi connectivity index (χ3v) is 4.78. The van der Waals surface area contributed by atoms with Crippen LogP contribution in [-0.2, 0) is 0 Å². The smallest absolute Gasteiger partial charge is 0.0989 e. The highest BCUT2D eigenvalue weighted by Crippen LogP contribution is 2.55. The van der Waals surface area contributed by atoms with Gasteiger partial charge in [0.25, 0.3) is 0 Å². The summed E-state index contributed by atoms with van der Waals surface area (Å²) >= 11 is 0. The van der Waals surface area contributed by atoms with E-state index in [9.17, 15) is 0 Å². The molecule has 0 unspecified atom stereocenters. The molecule has 0 atom stereocenters. The van der Waals surface area contributed by atoms with E-state index in [1.165, 1.54) is 0 Å². The molecule has 0 aliphatic carbocycles. The predicted octanol–water partition coefficient (Wildman–Crippen LogP) is 0.492. The number of fused-ring (bicyclic) bond motifs is 2. The molecule has 0 N–H and O–H groups in total. The van der Waals surface area contributed by atoms with Gasteiger partial charge in [-0.05, 0) is 4.91 Å². The standard InChI is InChI=1S/C5H5N2PSi2/c9-5(10)8-6-1-2-7(8)4-3-6/h1-5H. The van der Waals surface area contributed by atoms with Crippen LogP contribution in [-0.4, -0.2) is 34.7 Å². The molecule has 0 aromatic rings. The number of hydrogen-bond acceptors (Lipinski definition) is 2.